The SMILES string of the molecule is COc1ccc(OC)c(C(C)NC(=O)CSCc2ccccc2Cl)c1. The maximum Gasteiger partial charge on any atom is 0.230 e. The average molecular weight is 380 g/mol. The van der Waals surface area contributed by atoms with Gasteiger partial charge >= 0.3 is 0 Å². The maximum absolute atomic E-state index is 12.2. The fourth-order valence-electron chi connectivity index (χ4n) is 2.41. The zero-order valence-corrected chi connectivity index (χ0v) is 16.1. The van der Waals surface area contributed by atoms with Crippen LogP contribution in [0.4, 0.5) is 0 Å². The average Bonchev–Trinajstić information content (AvgIpc) is 2.62. The van der Waals surface area contributed by atoms with Gasteiger partial charge in [-0.3, -0.25) is 4.79 Å². The summed E-state index contributed by atoms with van der Waals surface area (Å²) in [6.07, 6.45) is 0. The van der Waals surface area contributed by atoms with Gasteiger partial charge in [-0.2, -0.15) is 0 Å². The fourth-order valence-corrected chi connectivity index (χ4v) is 3.53. The first-order chi connectivity index (χ1) is 12.0. The first-order valence-electron chi connectivity index (χ1n) is 7.87. The normalized spacial score (nSPS) is 11.7. The molecular weight excluding hydrogens is 358 g/mol. The fraction of sp³-hybridized carbons (Fsp3) is 0.316. The van der Waals surface area contributed by atoms with E-state index in [0.29, 0.717) is 11.5 Å². The number of thioether (sulfide) groups is 1. The van der Waals surface area contributed by atoms with Gasteiger partial charge in [-0.05, 0) is 36.8 Å². The number of rotatable bonds is 8. The number of hydrogen-bond acceptors (Lipinski definition) is 4. The highest BCUT2D eigenvalue weighted by atomic mass is 35.5. The lowest BCUT2D eigenvalue weighted by Crippen LogP contribution is -2.28. The predicted molar refractivity (Wildman–Crippen MR) is 104 cm³/mol. The van der Waals surface area contributed by atoms with Crippen LogP contribution in [0.3, 0.4) is 0 Å². The van der Waals surface area contributed by atoms with Gasteiger partial charge in [-0.15, -0.1) is 11.8 Å². The van der Waals surface area contributed by atoms with Gasteiger partial charge in [0, 0.05) is 16.3 Å². The lowest BCUT2D eigenvalue weighted by molar-refractivity contribution is -0.119. The number of carbonyl (C=O) groups is 1. The second kappa shape index (κ2) is 9.59. The van der Waals surface area contributed by atoms with Crippen molar-refractivity contribution in [2.75, 3.05) is 20.0 Å². The summed E-state index contributed by atoms with van der Waals surface area (Å²) in [7, 11) is 3.22. The van der Waals surface area contributed by atoms with Crippen LogP contribution in [0.15, 0.2) is 42.5 Å². The van der Waals surface area contributed by atoms with Crippen LogP contribution >= 0.6 is 23.4 Å². The Morgan fingerprint density at radius 1 is 1.20 bits per heavy atom. The van der Waals surface area contributed by atoms with Crippen molar-refractivity contribution in [1.82, 2.24) is 5.32 Å². The number of benzene rings is 2. The Bertz CT molecular complexity index is 724. The third-order valence-electron chi connectivity index (χ3n) is 3.73. The molecule has 134 valence electrons. The van der Waals surface area contributed by atoms with Crippen LogP contribution in [0.1, 0.15) is 24.1 Å². The van der Waals surface area contributed by atoms with Gasteiger partial charge < -0.3 is 14.8 Å². The highest BCUT2D eigenvalue weighted by molar-refractivity contribution is 7.99. The summed E-state index contributed by atoms with van der Waals surface area (Å²) in [5.74, 6) is 2.47. The van der Waals surface area contributed by atoms with Gasteiger partial charge in [0.05, 0.1) is 26.0 Å². The van der Waals surface area contributed by atoms with Gasteiger partial charge in [0.1, 0.15) is 11.5 Å². The third kappa shape index (κ3) is 5.58. The molecule has 4 nitrogen and oxygen atoms in total. The van der Waals surface area contributed by atoms with Gasteiger partial charge in [-0.25, -0.2) is 0 Å². The molecule has 25 heavy (non-hydrogen) atoms. The molecule has 0 aliphatic carbocycles. The first-order valence-corrected chi connectivity index (χ1v) is 9.41. The number of methoxy groups -OCH3 is 2. The number of hydrogen-bond donors (Lipinski definition) is 1. The molecule has 0 aliphatic rings. The molecule has 1 unspecified atom stereocenters. The molecule has 0 fully saturated rings. The zero-order chi connectivity index (χ0) is 18.2. The van der Waals surface area contributed by atoms with Gasteiger partial charge in [-0.1, -0.05) is 29.8 Å². The molecule has 0 spiro atoms. The molecule has 1 N–H and O–H groups in total. The molecule has 0 saturated heterocycles. The Balaban J connectivity index is 1.91. The smallest absolute Gasteiger partial charge is 0.230 e. The predicted octanol–water partition coefficient (Wildman–Crippen LogP) is 4.47. The van der Waals surface area contributed by atoms with E-state index in [1.165, 1.54) is 11.8 Å². The third-order valence-corrected chi connectivity index (χ3v) is 5.08. The zero-order valence-electron chi connectivity index (χ0n) is 14.5. The van der Waals surface area contributed by atoms with Crippen LogP contribution < -0.4 is 14.8 Å². The van der Waals surface area contributed by atoms with Crippen molar-refractivity contribution in [3.05, 3.63) is 58.6 Å². The van der Waals surface area contributed by atoms with Crippen molar-refractivity contribution >= 4 is 29.3 Å². The van der Waals surface area contributed by atoms with E-state index in [1.54, 1.807) is 14.2 Å². The minimum atomic E-state index is -0.182. The number of amides is 1. The molecule has 2 aromatic rings. The van der Waals surface area contributed by atoms with Crippen LogP contribution in [0, 0.1) is 0 Å². The Morgan fingerprint density at radius 2 is 1.96 bits per heavy atom. The van der Waals surface area contributed by atoms with Crippen molar-refractivity contribution in [3.8, 4) is 11.5 Å². The molecule has 1 atom stereocenters. The Hall–Kier alpha value is -1.85. The number of nitrogens with one attached hydrogen (secondary N) is 1. The quantitative estimate of drug-likeness (QED) is 0.735. The van der Waals surface area contributed by atoms with E-state index in [0.717, 1.165) is 27.6 Å². The van der Waals surface area contributed by atoms with E-state index in [2.05, 4.69) is 5.32 Å². The van der Waals surface area contributed by atoms with Crippen molar-refractivity contribution in [2.24, 2.45) is 0 Å². The molecule has 1 amide bonds. The largest absolute Gasteiger partial charge is 0.497 e. The second-order valence-corrected chi connectivity index (χ2v) is 6.87. The van der Waals surface area contributed by atoms with Crippen molar-refractivity contribution in [3.63, 3.8) is 0 Å². The Labute approximate surface area is 157 Å². The molecular formula is C19H22ClNO3S. The van der Waals surface area contributed by atoms with E-state index in [4.69, 9.17) is 21.1 Å². The maximum atomic E-state index is 12.2. The molecule has 0 heterocycles. The summed E-state index contributed by atoms with van der Waals surface area (Å²) in [6, 6.07) is 13.0. The van der Waals surface area contributed by atoms with E-state index >= 15 is 0 Å². The van der Waals surface area contributed by atoms with E-state index in [9.17, 15) is 4.79 Å². The summed E-state index contributed by atoms with van der Waals surface area (Å²) < 4.78 is 10.6. The monoisotopic (exact) mass is 379 g/mol. The van der Waals surface area contributed by atoms with E-state index in [1.807, 2.05) is 49.4 Å². The summed E-state index contributed by atoms with van der Waals surface area (Å²) in [5, 5.41) is 3.72. The summed E-state index contributed by atoms with van der Waals surface area (Å²) >= 11 is 7.66. The van der Waals surface area contributed by atoms with Gasteiger partial charge in [0.15, 0.2) is 0 Å². The number of halogens is 1. The van der Waals surface area contributed by atoms with Crippen LogP contribution in [0.2, 0.25) is 5.02 Å². The number of carbonyl (C=O) groups excluding carboxylic acids is 1. The summed E-state index contributed by atoms with van der Waals surface area (Å²) in [6.45, 7) is 1.92. The minimum Gasteiger partial charge on any atom is -0.497 e. The van der Waals surface area contributed by atoms with Crippen LogP contribution in [0.5, 0.6) is 11.5 Å². The van der Waals surface area contributed by atoms with Crippen molar-refractivity contribution < 1.29 is 14.3 Å². The Morgan fingerprint density at radius 3 is 2.64 bits per heavy atom. The molecule has 0 saturated carbocycles. The van der Waals surface area contributed by atoms with Gasteiger partial charge in [0.25, 0.3) is 0 Å². The topological polar surface area (TPSA) is 47.6 Å². The van der Waals surface area contributed by atoms with Crippen molar-refractivity contribution in [2.45, 2.75) is 18.7 Å². The molecule has 6 heteroatoms. The first kappa shape index (κ1) is 19.5. The lowest BCUT2D eigenvalue weighted by atomic mass is 10.1. The lowest BCUT2D eigenvalue weighted by Gasteiger charge is -2.18. The van der Waals surface area contributed by atoms with Crippen molar-refractivity contribution in [1.29, 1.82) is 0 Å². The van der Waals surface area contributed by atoms with E-state index < -0.39 is 0 Å². The molecule has 2 rings (SSSR count). The highest BCUT2D eigenvalue weighted by Crippen LogP contribution is 2.29. The van der Waals surface area contributed by atoms with Crippen LogP contribution in [0.25, 0.3) is 0 Å². The molecule has 0 aliphatic heterocycles. The minimum absolute atomic E-state index is 0.0329. The second-order valence-electron chi connectivity index (χ2n) is 5.48. The molecule has 0 radical (unpaired) electrons. The standard InChI is InChI=1S/C19H22ClNO3S/c1-13(16-10-15(23-2)8-9-18(16)24-3)21-19(22)12-25-11-14-6-4-5-7-17(14)20/h4-10,13H,11-12H2,1-3H3,(H,21,22). The molecule has 2 aromatic carbocycles. The summed E-state index contributed by atoms with van der Waals surface area (Å²) in [4.78, 5) is 12.2. The number of ether oxygens (including phenoxy) is 2. The summed E-state index contributed by atoms with van der Waals surface area (Å²) in [5.41, 5.74) is 1.91. The highest BCUT2D eigenvalue weighted by Gasteiger charge is 2.15. The molecule has 0 aromatic heterocycles. The Kier molecular flexibility index (Phi) is 7.47. The molecule has 0 bridgehead atoms. The van der Waals surface area contributed by atoms with E-state index in [-0.39, 0.29) is 11.9 Å². The van der Waals surface area contributed by atoms with Gasteiger partial charge in [0.2, 0.25) is 5.91 Å². The van der Waals surface area contributed by atoms with Crippen LogP contribution in [-0.2, 0) is 10.5 Å². The van der Waals surface area contributed by atoms with Crippen LogP contribution in [-0.4, -0.2) is 25.9 Å².